The molecule has 4 amide bonds. The lowest BCUT2D eigenvalue weighted by atomic mass is 10.2. The molecule has 0 aromatic carbocycles. The minimum Gasteiger partial charge on any atom is -0.469 e. The number of carbonyl (C=O) groups excluding carboxylic acids is 5. The second kappa shape index (κ2) is 25.7. The number of carbonyl (C=O) groups is 5. The Hall–Kier alpha value is -6.55. The van der Waals surface area contributed by atoms with Gasteiger partial charge in [0.05, 0.1) is 65.8 Å². The number of aliphatic hydroxyl groups excluding tert-OH is 4. The van der Waals surface area contributed by atoms with Gasteiger partial charge in [-0.3, -0.25) is 34.0 Å². The number of methoxy groups -OCH3 is 4. The first-order chi connectivity index (χ1) is 32.9. The highest BCUT2D eigenvalue weighted by Crippen LogP contribution is 2.34. The summed E-state index contributed by atoms with van der Waals surface area (Å²) in [7, 11) is 5.12. The van der Waals surface area contributed by atoms with Gasteiger partial charge in [0, 0.05) is 41.0 Å². The van der Waals surface area contributed by atoms with Crippen molar-refractivity contribution < 1.29 is 77.6 Å². The van der Waals surface area contributed by atoms with Crippen LogP contribution in [0, 0.1) is 0 Å². The Balaban J connectivity index is 1.46. The quantitative estimate of drug-likeness (QED) is 0.0334. The van der Waals surface area contributed by atoms with E-state index < -0.39 is 187 Å². The van der Waals surface area contributed by atoms with E-state index in [0.717, 1.165) is 7.11 Å². The van der Waals surface area contributed by atoms with Crippen LogP contribution in [0.25, 0.3) is 0 Å². The van der Waals surface area contributed by atoms with E-state index in [1.54, 1.807) is 0 Å². The predicted octanol–water partition coefficient (Wildman–Crippen LogP) is -7.59. The molecule has 0 bridgehead atoms. The van der Waals surface area contributed by atoms with Gasteiger partial charge >= 0.3 is 64.1 Å². The molecule has 69 heavy (non-hydrogen) atoms. The zero-order valence-electron chi connectivity index (χ0n) is 38.1. The van der Waals surface area contributed by atoms with Crippen molar-refractivity contribution in [3.05, 3.63) is 62.9 Å². The van der Waals surface area contributed by atoms with E-state index in [1.165, 1.54) is 40.9 Å². The Morgan fingerprint density at radius 3 is 1.23 bits per heavy atom. The lowest BCUT2D eigenvalue weighted by Crippen LogP contribution is -2.55. The van der Waals surface area contributed by atoms with E-state index in [1.807, 2.05) is 0 Å². The monoisotopic (exact) mass is 992 g/mol. The summed E-state index contributed by atoms with van der Waals surface area (Å²) in [5.41, 5.74) is -7.23. The highest BCUT2D eigenvalue weighted by Gasteiger charge is 2.59. The van der Waals surface area contributed by atoms with E-state index in [2.05, 4.69) is 4.74 Å². The molecule has 4 heterocycles. The first-order valence-corrected chi connectivity index (χ1v) is 21.0. The minimum absolute atomic E-state index is 0.178. The summed E-state index contributed by atoms with van der Waals surface area (Å²) in [5.74, 6) is -2.97. The maximum Gasteiger partial charge on any atom is 0.336 e. The number of fused-ring (bicyclic) bond motifs is 1. The van der Waals surface area contributed by atoms with Crippen molar-refractivity contribution in [1.29, 1.82) is 0 Å². The molecule has 0 aliphatic carbocycles. The summed E-state index contributed by atoms with van der Waals surface area (Å²) in [4.78, 5) is 149. The lowest BCUT2D eigenvalue weighted by molar-refractivity contribution is -0.150. The summed E-state index contributed by atoms with van der Waals surface area (Å²) in [6, 6.07) is -1.11. The smallest absolute Gasteiger partial charge is 0.336 e. The van der Waals surface area contributed by atoms with Crippen molar-refractivity contribution in [2.45, 2.75) is 83.1 Å². The number of urea groups is 2. The number of aliphatic hydroxyl groups is 4. The summed E-state index contributed by atoms with van der Waals surface area (Å²) in [6.07, 6.45) is -6.99. The van der Waals surface area contributed by atoms with Crippen LogP contribution in [-0.4, -0.2) is 210 Å². The molecule has 32 nitrogen and oxygen atoms in total. The summed E-state index contributed by atoms with van der Waals surface area (Å²) < 4.78 is 38.9. The van der Waals surface area contributed by atoms with Crippen LogP contribution in [0.5, 0.6) is 0 Å². The molecule has 4 atom stereocenters. The van der Waals surface area contributed by atoms with Crippen LogP contribution in [0.15, 0.2) is 28.8 Å². The third-order valence-corrected chi connectivity index (χ3v) is 10.6. The highest BCUT2D eigenvalue weighted by atomic mass is 16.5. The third-order valence-electron chi connectivity index (χ3n) is 10.6. The molecular weight excluding hydrogens is 936 g/mol. The maximum atomic E-state index is 13.6. The fourth-order valence-corrected chi connectivity index (χ4v) is 7.16. The minimum atomic E-state index is -1.65. The van der Waals surface area contributed by atoms with E-state index in [-0.39, 0.29) is 20.2 Å². The van der Waals surface area contributed by atoms with Gasteiger partial charge in [0.15, 0.2) is 12.3 Å². The molecule has 4 unspecified atom stereocenters. The fourth-order valence-electron chi connectivity index (χ4n) is 7.16. The second-order valence-corrected chi connectivity index (χ2v) is 14.9. The molecule has 0 spiro atoms. The van der Waals surface area contributed by atoms with Crippen LogP contribution in [0.2, 0.25) is 0 Å². The largest absolute Gasteiger partial charge is 0.469 e. The number of esters is 3. The zero-order valence-corrected chi connectivity index (χ0v) is 38.1. The molecule has 0 saturated carbocycles. The predicted molar refractivity (Wildman–Crippen MR) is 225 cm³/mol. The number of ether oxygens (including phenoxy) is 7. The van der Waals surface area contributed by atoms with E-state index in [0.29, 0.717) is 27.4 Å². The van der Waals surface area contributed by atoms with E-state index in [4.69, 9.17) is 33.5 Å². The van der Waals surface area contributed by atoms with Crippen LogP contribution in [0.4, 0.5) is 9.59 Å². The summed E-state index contributed by atoms with van der Waals surface area (Å²) in [6.45, 7) is -8.12. The Labute approximate surface area is 388 Å². The Morgan fingerprint density at radius 1 is 0.478 bits per heavy atom. The summed E-state index contributed by atoms with van der Waals surface area (Å²) in [5, 5.41) is 37.7. The van der Waals surface area contributed by atoms with Crippen LogP contribution >= 0.6 is 0 Å². The van der Waals surface area contributed by atoms with Gasteiger partial charge in [0.2, 0.25) is 0 Å². The van der Waals surface area contributed by atoms with Gasteiger partial charge in [-0.15, -0.1) is 0 Å². The topological polar surface area (TPSA) is 376 Å². The highest BCUT2D eigenvalue weighted by molar-refractivity contribution is 5.85. The molecule has 2 aromatic heterocycles. The molecule has 0 radical (unpaired) electrons. The molecule has 2 aromatic rings. The average Bonchev–Trinajstić information content (AvgIpc) is 3.74. The SMILES string of the molecule is COCN1C(=O)N(COC)C2C1N(COC)C(=O)N2COCCn1c(=O)n(CCO)c(=O)n(CCOC(=O)CCn2c(=O)n(CCC(=O)OC)c(=O)n(CCC(=O)OCC(O)C(O)CO)c2=O)c1=O. The maximum absolute atomic E-state index is 13.6. The molecule has 2 fully saturated rings. The Morgan fingerprint density at radius 2 is 0.841 bits per heavy atom. The van der Waals surface area contributed by atoms with Crippen molar-refractivity contribution in [2.75, 3.05) is 88.4 Å². The normalized spacial score (nSPS) is 16.6. The first kappa shape index (κ1) is 55.0. The van der Waals surface area contributed by atoms with Gasteiger partial charge < -0.3 is 53.6 Å². The zero-order chi connectivity index (χ0) is 51.1. The lowest BCUT2D eigenvalue weighted by Gasteiger charge is -2.28. The van der Waals surface area contributed by atoms with Gasteiger partial charge in [-0.25, -0.2) is 65.8 Å². The van der Waals surface area contributed by atoms with Gasteiger partial charge in [-0.2, -0.15) is 0 Å². The van der Waals surface area contributed by atoms with Crippen LogP contribution in [0.1, 0.15) is 19.3 Å². The van der Waals surface area contributed by atoms with Gasteiger partial charge in [-0.1, -0.05) is 0 Å². The Bertz CT molecular complexity index is 2510. The number of aromatic nitrogens is 6. The molecule has 32 heteroatoms. The van der Waals surface area contributed by atoms with Gasteiger partial charge in [0.25, 0.3) is 0 Å². The van der Waals surface area contributed by atoms with Crippen molar-refractivity contribution in [2.24, 2.45) is 0 Å². The standard InChI is InChI=1S/C37H56N10O22/c1-63-19-44-28-29(46(21-65-3)36(44)61)47(37(62)45(28)20-64-2)22-67-15-12-42-33(58)41(11-14-48)34(59)43(35(42)60)13-16-68-26(53)6-9-39-30(55)38(8-5-25(52)66-4)31(56)40(32(39)57)10-7-27(54)69-18-24(51)23(50)17-49/h23-24,28-29,48-51H,5-22H2,1-4H3. The number of amides is 4. The van der Waals surface area contributed by atoms with Crippen LogP contribution < -0.4 is 34.1 Å². The second-order valence-electron chi connectivity index (χ2n) is 14.9. The van der Waals surface area contributed by atoms with Crippen molar-refractivity contribution in [3.63, 3.8) is 0 Å². The van der Waals surface area contributed by atoms with Gasteiger partial charge in [0.1, 0.15) is 52.3 Å². The third kappa shape index (κ3) is 12.8. The van der Waals surface area contributed by atoms with E-state index >= 15 is 0 Å². The molecule has 2 aliphatic heterocycles. The first-order valence-electron chi connectivity index (χ1n) is 21.0. The molecule has 4 N–H and O–H groups in total. The number of rotatable bonds is 29. The molecule has 4 rings (SSSR count). The van der Waals surface area contributed by atoms with Crippen molar-refractivity contribution in [3.8, 4) is 0 Å². The molecule has 2 saturated heterocycles. The molecular formula is C37H56N10O22. The Kier molecular flexibility index (Phi) is 20.5. The number of hydrogen-bond acceptors (Lipinski definition) is 22. The van der Waals surface area contributed by atoms with Gasteiger partial charge in [-0.05, 0) is 0 Å². The molecule has 386 valence electrons. The van der Waals surface area contributed by atoms with Crippen LogP contribution in [-0.2, 0) is 86.8 Å². The number of nitrogens with zero attached hydrogens (tertiary/aromatic N) is 10. The molecule has 2 aliphatic rings. The van der Waals surface area contributed by atoms with Crippen molar-refractivity contribution >= 4 is 30.0 Å². The average molecular weight is 993 g/mol. The van der Waals surface area contributed by atoms with Crippen LogP contribution in [0.3, 0.4) is 0 Å². The van der Waals surface area contributed by atoms with E-state index in [9.17, 15) is 68.1 Å². The van der Waals surface area contributed by atoms with Crippen molar-refractivity contribution in [1.82, 2.24) is 47.0 Å². The fraction of sp³-hybridized carbons (Fsp3) is 0.703. The summed E-state index contributed by atoms with van der Waals surface area (Å²) >= 11 is 0. The number of hydrogen-bond donors (Lipinski definition) is 4.